The van der Waals surface area contributed by atoms with Gasteiger partial charge in [-0.2, -0.15) is 0 Å². The summed E-state index contributed by atoms with van der Waals surface area (Å²) in [7, 11) is 0. The molecule has 1 fully saturated rings. The maximum absolute atomic E-state index is 10.9. The molecule has 0 heterocycles. The van der Waals surface area contributed by atoms with Crippen molar-refractivity contribution < 1.29 is 9.90 Å². The summed E-state index contributed by atoms with van der Waals surface area (Å²) in [5.41, 5.74) is 1.48. The van der Waals surface area contributed by atoms with Crippen LogP contribution in [0.25, 0.3) is 0 Å². The first-order valence-corrected chi connectivity index (χ1v) is 7.52. The molecule has 0 aromatic heterocycles. The second kappa shape index (κ2) is 6.06. The standard InChI is InChI=1S/C15H20BrNO2/c1-10(2)17(8-11-3-4-11)9-13-6-5-12(15(18)19)7-14(13)16/h5-7,10-11H,3-4,8-9H2,1-2H3,(H,18,19). The Morgan fingerprint density at radius 1 is 1.47 bits per heavy atom. The summed E-state index contributed by atoms with van der Waals surface area (Å²) in [6.45, 7) is 6.43. The number of nitrogens with zero attached hydrogens (tertiary/aromatic N) is 1. The van der Waals surface area contributed by atoms with Crippen LogP contribution >= 0.6 is 15.9 Å². The predicted octanol–water partition coefficient (Wildman–Crippen LogP) is 3.77. The van der Waals surface area contributed by atoms with E-state index in [0.29, 0.717) is 11.6 Å². The molecule has 0 amide bonds. The lowest BCUT2D eigenvalue weighted by Gasteiger charge is -2.27. The SMILES string of the molecule is CC(C)N(Cc1ccc(C(=O)O)cc1Br)CC1CC1. The van der Waals surface area contributed by atoms with Crippen LogP contribution in [-0.4, -0.2) is 28.6 Å². The molecule has 1 aromatic carbocycles. The van der Waals surface area contributed by atoms with E-state index in [-0.39, 0.29) is 0 Å². The van der Waals surface area contributed by atoms with E-state index >= 15 is 0 Å². The van der Waals surface area contributed by atoms with Crippen molar-refractivity contribution in [3.05, 3.63) is 33.8 Å². The molecule has 104 valence electrons. The molecule has 1 saturated carbocycles. The first-order chi connectivity index (χ1) is 8.97. The van der Waals surface area contributed by atoms with Crippen molar-refractivity contribution in [1.29, 1.82) is 0 Å². The fourth-order valence-corrected chi connectivity index (χ4v) is 2.62. The lowest BCUT2D eigenvalue weighted by atomic mass is 10.1. The molecule has 2 rings (SSSR count). The van der Waals surface area contributed by atoms with Crippen LogP contribution in [0.3, 0.4) is 0 Å². The zero-order chi connectivity index (χ0) is 14.0. The van der Waals surface area contributed by atoms with Crippen molar-refractivity contribution in [2.75, 3.05) is 6.54 Å². The Morgan fingerprint density at radius 2 is 2.16 bits per heavy atom. The van der Waals surface area contributed by atoms with Crippen LogP contribution in [0.5, 0.6) is 0 Å². The molecular weight excluding hydrogens is 306 g/mol. The summed E-state index contributed by atoms with van der Waals surface area (Å²) in [6.07, 6.45) is 2.70. The molecule has 1 aliphatic rings. The highest BCUT2D eigenvalue weighted by molar-refractivity contribution is 9.10. The second-order valence-corrected chi connectivity index (χ2v) is 6.43. The van der Waals surface area contributed by atoms with Crippen molar-refractivity contribution in [3.63, 3.8) is 0 Å². The maximum atomic E-state index is 10.9. The van der Waals surface area contributed by atoms with Gasteiger partial charge in [0, 0.05) is 23.6 Å². The third-order valence-corrected chi connectivity index (χ3v) is 4.33. The Bertz CT molecular complexity index is 469. The number of benzene rings is 1. The predicted molar refractivity (Wildman–Crippen MR) is 79.4 cm³/mol. The average Bonchev–Trinajstić information content (AvgIpc) is 3.14. The van der Waals surface area contributed by atoms with Gasteiger partial charge < -0.3 is 5.11 Å². The van der Waals surface area contributed by atoms with Crippen molar-refractivity contribution >= 4 is 21.9 Å². The average molecular weight is 326 g/mol. The largest absolute Gasteiger partial charge is 0.478 e. The first kappa shape index (κ1) is 14.5. The first-order valence-electron chi connectivity index (χ1n) is 6.73. The highest BCUT2D eigenvalue weighted by Crippen LogP contribution is 2.31. The van der Waals surface area contributed by atoms with Crippen molar-refractivity contribution in [2.45, 2.75) is 39.3 Å². The molecule has 0 unspecified atom stereocenters. The van der Waals surface area contributed by atoms with E-state index in [1.807, 2.05) is 6.07 Å². The molecule has 1 aliphatic carbocycles. The van der Waals surface area contributed by atoms with Crippen LogP contribution < -0.4 is 0 Å². The van der Waals surface area contributed by atoms with Gasteiger partial charge in [0.15, 0.2) is 0 Å². The van der Waals surface area contributed by atoms with Gasteiger partial charge in [0.2, 0.25) is 0 Å². The van der Waals surface area contributed by atoms with Gasteiger partial charge in [-0.1, -0.05) is 22.0 Å². The smallest absolute Gasteiger partial charge is 0.335 e. The Balaban J connectivity index is 2.09. The van der Waals surface area contributed by atoms with Crippen LogP contribution in [0, 0.1) is 5.92 Å². The Kier molecular flexibility index (Phi) is 4.63. The van der Waals surface area contributed by atoms with E-state index in [2.05, 4.69) is 34.7 Å². The number of carbonyl (C=O) groups is 1. The Labute approximate surface area is 122 Å². The van der Waals surface area contributed by atoms with E-state index in [1.54, 1.807) is 12.1 Å². The third-order valence-electron chi connectivity index (χ3n) is 3.59. The van der Waals surface area contributed by atoms with Gasteiger partial charge in [-0.3, -0.25) is 4.90 Å². The van der Waals surface area contributed by atoms with Crippen LogP contribution in [0.15, 0.2) is 22.7 Å². The number of hydrogen-bond acceptors (Lipinski definition) is 2. The molecule has 0 aliphatic heterocycles. The monoisotopic (exact) mass is 325 g/mol. The molecule has 0 spiro atoms. The van der Waals surface area contributed by atoms with E-state index < -0.39 is 5.97 Å². The van der Waals surface area contributed by atoms with E-state index in [0.717, 1.165) is 29.0 Å². The molecule has 1 aromatic rings. The molecule has 19 heavy (non-hydrogen) atoms. The van der Waals surface area contributed by atoms with Gasteiger partial charge >= 0.3 is 5.97 Å². The van der Waals surface area contributed by atoms with E-state index in [1.165, 1.54) is 12.8 Å². The van der Waals surface area contributed by atoms with Crippen LogP contribution in [0.4, 0.5) is 0 Å². The fraction of sp³-hybridized carbons (Fsp3) is 0.533. The number of rotatable bonds is 6. The lowest BCUT2D eigenvalue weighted by molar-refractivity contribution is 0.0696. The molecule has 0 radical (unpaired) electrons. The molecular formula is C15H20BrNO2. The van der Waals surface area contributed by atoms with Gasteiger partial charge in [0.05, 0.1) is 5.56 Å². The summed E-state index contributed by atoms with van der Waals surface area (Å²) in [4.78, 5) is 13.4. The third kappa shape index (κ3) is 4.05. The number of aromatic carboxylic acids is 1. The summed E-state index contributed by atoms with van der Waals surface area (Å²) in [5.74, 6) is -0.0228. The normalized spacial score (nSPS) is 15.2. The summed E-state index contributed by atoms with van der Waals surface area (Å²) in [5, 5.41) is 8.97. The maximum Gasteiger partial charge on any atom is 0.335 e. The number of hydrogen-bond donors (Lipinski definition) is 1. The lowest BCUT2D eigenvalue weighted by Crippen LogP contribution is -2.32. The van der Waals surface area contributed by atoms with Gasteiger partial charge in [-0.15, -0.1) is 0 Å². The minimum Gasteiger partial charge on any atom is -0.478 e. The van der Waals surface area contributed by atoms with Gasteiger partial charge in [-0.05, 0) is 50.3 Å². The molecule has 0 atom stereocenters. The van der Waals surface area contributed by atoms with Gasteiger partial charge in [0.25, 0.3) is 0 Å². The highest BCUT2D eigenvalue weighted by atomic mass is 79.9. The molecule has 3 nitrogen and oxygen atoms in total. The zero-order valence-electron chi connectivity index (χ0n) is 11.4. The van der Waals surface area contributed by atoms with Crippen molar-refractivity contribution in [1.82, 2.24) is 4.90 Å². The summed E-state index contributed by atoms with van der Waals surface area (Å²) < 4.78 is 0.883. The summed E-state index contributed by atoms with van der Waals surface area (Å²) in [6, 6.07) is 5.79. The number of carboxylic acids is 1. The molecule has 1 N–H and O–H groups in total. The van der Waals surface area contributed by atoms with E-state index in [4.69, 9.17) is 5.11 Å². The molecule has 0 bridgehead atoms. The highest BCUT2D eigenvalue weighted by Gasteiger charge is 2.25. The number of halogens is 1. The van der Waals surface area contributed by atoms with Crippen LogP contribution in [-0.2, 0) is 6.54 Å². The quantitative estimate of drug-likeness (QED) is 0.865. The zero-order valence-corrected chi connectivity index (χ0v) is 13.0. The summed E-state index contributed by atoms with van der Waals surface area (Å²) >= 11 is 3.48. The Hall–Kier alpha value is -0.870. The van der Waals surface area contributed by atoms with E-state index in [9.17, 15) is 4.79 Å². The minimum absolute atomic E-state index is 0.328. The van der Waals surface area contributed by atoms with Crippen LogP contribution in [0.2, 0.25) is 0 Å². The van der Waals surface area contributed by atoms with Crippen molar-refractivity contribution in [3.8, 4) is 0 Å². The number of carboxylic acid groups (broad SMARTS) is 1. The van der Waals surface area contributed by atoms with Crippen LogP contribution in [0.1, 0.15) is 42.6 Å². The Morgan fingerprint density at radius 3 is 2.63 bits per heavy atom. The second-order valence-electron chi connectivity index (χ2n) is 5.58. The molecule has 4 heteroatoms. The topological polar surface area (TPSA) is 40.5 Å². The molecule has 0 saturated heterocycles. The van der Waals surface area contributed by atoms with Gasteiger partial charge in [-0.25, -0.2) is 4.79 Å². The van der Waals surface area contributed by atoms with Crippen molar-refractivity contribution in [2.24, 2.45) is 5.92 Å². The van der Waals surface area contributed by atoms with Gasteiger partial charge in [0.1, 0.15) is 0 Å². The fourth-order valence-electron chi connectivity index (χ4n) is 2.12. The minimum atomic E-state index is -0.883.